The lowest BCUT2D eigenvalue weighted by molar-refractivity contribution is -0.101. The Balaban J connectivity index is 1.89. The molecule has 0 aliphatic rings. The van der Waals surface area contributed by atoms with Crippen LogP contribution in [0.3, 0.4) is 0 Å². The zero-order valence-corrected chi connectivity index (χ0v) is 9.46. The van der Waals surface area contributed by atoms with Gasteiger partial charge in [-0.3, -0.25) is 0 Å². The van der Waals surface area contributed by atoms with Crippen molar-refractivity contribution in [3.05, 3.63) is 12.7 Å². The van der Waals surface area contributed by atoms with E-state index >= 15 is 0 Å². The minimum atomic E-state index is 0.0811. The van der Waals surface area contributed by atoms with Crippen molar-refractivity contribution < 1.29 is 14.2 Å². The smallest absolute Gasteiger partial charge is 0.321 e. The molecule has 0 atom stereocenters. The van der Waals surface area contributed by atoms with Crippen molar-refractivity contribution in [2.45, 2.75) is 26.2 Å². The van der Waals surface area contributed by atoms with E-state index in [1.54, 1.807) is 0 Å². The van der Waals surface area contributed by atoms with Gasteiger partial charge in [0.15, 0.2) is 13.6 Å². The van der Waals surface area contributed by atoms with Gasteiger partial charge in [-0.25, -0.2) is 4.98 Å². The lowest BCUT2D eigenvalue weighted by Gasteiger charge is -2.05. The number of ether oxygens (including phenoxy) is 3. The summed E-state index contributed by atoms with van der Waals surface area (Å²) in [6, 6.07) is 0.251. The van der Waals surface area contributed by atoms with Crippen LogP contribution in [0.15, 0.2) is 12.7 Å². The molecule has 6 nitrogen and oxygen atoms in total. The van der Waals surface area contributed by atoms with Crippen LogP contribution in [0.1, 0.15) is 26.2 Å². The minimum absolute atomic E-state index is 0.0811. The van der Waals surface area contributed by atoms with E-state index in [2.05, 4.69) is 21.9 Å². The molecule has 6 heteroatoms. The van der Waals surface area contributed by atoms with Gasteiger partial charge >= 0.3 is 6.01 Å². The molecule has 0 spiro atoms. The second-order valence-corrected chi connectivity index (χ2v) is 3.12. The van der Waals surface area contributed by atoms with Crippen molar-refractivity contribution in [2.75, 3.05) is 20.2 Å². The number of aromatic nitrogens is 3. The lowest BCUT2D eigenvalue weighted by Crippen LogP contribution is -2.08. The highest BCUT2D eigenvalue weighted by Gasteiger charge is 1.94. The molecular weight excluding hydrogens is 210 g/mol. The topological polar surface area (TPSA) is 66.4 Å². The summed E-state index contributed by atoms with van der Waals surface area (Å²) in [4.78, 5) is 11.2. The van der Waals surface area contributed by atoms with Gasteiger partial charge in [0.1, 0.15) is 12.7 Å². The Morgan fingerprint density at radius 3 is 2.62 bits per heavy atom. The second kappa shape index (κ2) is 8.99. The summed E-state index contributed by atoms with van der Waals surface area (Å²) >= 11 is 0. The number of hydrogen-bond acceptors (Lipinski definition) is 6. The van der Waals surface area contributed by atoms with Crippen LogP contribution in [0.4, 0.5) is 0 Å². The van der Waals surface area contributed by atoms with E-state index in [1.807, 2.05) is 0 Å². The molecule has 0 unspecified atom stereocenters. The zero-order chi connectivity index (χ0) is 11.5. The molecule has 1 rings (SSSR count). The summed E-state index contributed by atoms with van der Waals surface area (Å²) in [6.07, 6.45) is 6.16. The molecule has 0 aromatic carbocycles. The van der Waals surface area contributed by atoms with E-state index in [0.29, 0.717) is 0 Å². The van der Waals surface area contributed by atoms with Gasteiger partial charge in [-0.2, -0.15) is 9.97 Å². The van der Waals surface area contributed by atoms with Crippen molar-refractivity contribution in [1.29, 1.82) is 0 Å². The molecular formula is C10H17N3O3. The van der Waals surface area contributed by atoms with E-state index in [4.69, 9.17) is 14.2 Å². The van der Waals surface area contributed by atoms with Gasteiger partial charge in [0, 0.05) is 6.61 Å². The molecule has 0 amide bonds. The quantitative estimate of drug-likeness (QED) is 0.469. The fraction of sp³-hybridized carbons (Fsp3) is 0.700. The fourth-order valence-electron chi connectivity index (χ4n) is 1.00. The molecule has 0 radical (unpaired) electrons. The molecule has 0 saturated carbocycles. The molecule has 0 aliphatic heterocycles. The summed E-state index contributed by atoms with van der Waals surface area (Å²) < 4.78 is 15.4. The number of nitrogens with zero attached hydrogens (tertiary/aromatic N) is 3. The Labute approximate surface area is 95.0 Å². The van der Waals surface area contributed by atoms with Gasteiger partial charge in [0.2, 0.25) is 0 Å². The maximum absolute atomic E-state index is 5.22. The average molecular weight is 227 g/mol. The van der Waals surface area contributed by atoms with Crippen molar-refractivity contribution >= 4 is 0 Å². The molecule has 1 heterocycles. The van der Waals surface area contributed by atoms with E-state index in [0.717, 1.165) is 13.0 Å². The van der Waals surface area contributed by atoms with Crippen molar-refractivity contribution in [3.8, 4) is 6.01 Å². The predicted molar refractivity (Wildman–Crippen MR) is 56.8 cm³/mol. The first-order chi connectivity index (χ1) is 7.93. The van der Waals surface area contributed by atoms with E-state index < -0.39 is 0 Å². The monoisotopic (exact) mass is 227 g/mol. The summed E-state index contributed by atoms with van der Waals surface area (Å²) in [6.45, 7) is 3.19. The van der Waals surface area contributed by atoms with E-state index in [9.17, 15) is 0 Å². The van der Waals surface area contributed by atoms with Crippen molar-refractivity contribution in [3.63, 3.8) is 0 Å². The Bertz CT molecular complexity index is 259. The molecule has 0 saturated heterocycles. The highest BCUT2D eigenvalue weighted by Crippen LogP contribution is 1.96. The molecule has 0 fully saturated rings. The molecule has 1 aromatic heterocycles. The van der Waals surface area contributed by atoms with Crippen LogP contribution in [0.5, 0.6) is 6.01 Å². The first-order valence-electron chi connectivity index (χ1n) is 5.33. The van der Waals surface area contributed by atoms with Crippen LogP contribution in [-0.2, 0) is 9.47 Å². The Morgan fingerprint density at radius 1 is 1.06 bits per heavy atom. The third kappa shape index (κ3) is 6.26. The summed E-state index contributed by atoms with van der Waals surface area (Å²) in [7, 11) is 0. The lowest BCUT2D eigenvalue weighted by atomic mass is 10.3. The van der Waals surface area contributed by atoms with Crippen molar-refractivity contribution in [2.24, 2.45) is 0 Å². The van der Waals surface area contributed by atoms with Gasteiger partial charge < -0.3 is 14.2 Å². The SMILES string of the molecule is CCCCCOCOCOc1ncncn1. The van der Waals surface area contributed by atoms with Crippen LogP contribution < -0.4 is 4.74 Å². The Morgan fingerprint density at radius 2 is 1.88 bits per heavy atom. The van der Waals surface area contributed by atoms with Crippen LogP contribution in [0.25, 0.3) is 0 Å². The molecule has 16 heavy (non-hydrogen) atoms. The molecule has 0 aliphatic carbocycles. The summed E-state index contributed by atoms with van der Waals surface area (Å²) in [5.74, 6) is 0. The molecule has 90 valence electrons. The number of unbranched alkanes of at least 4 members (excludes halogenated alkanes) is 2. The third-order valence-electron chi connectivity index (χ3n) is 1.80. The average Bonchev–Trinajstić information content (AvgIpc) is 2.34. The summed E-state index contributed by atoms with van der Waals surface area (Å²) in [5, 5.41) is 0. The second-order valence-electron chi connectivity index (χ2n) is 3.12. The van der Waals surface area contributed by atoms with Gasteiger partial charge in [-0.15, -0.1) is 0 Å². The van der Waals surface area contributed by atoms with Crippen LogP contribution in [-0.4, -0.2) is 35.1 Å². The van der Waals surface area contributed by atoms with Crippen LogP contribution in [0.2, 0.25) is 0 Å². The maximum atomic E-state index is 5.22. The highest BCUT2D eigenvalue weighted by atomic mass is 16.7. The maximum Gasteiger partial charge on any atom is 0.321 e. The predicted octanol–water partition coefficient (Wildman–Crippen LogP) is 1.39. The molecule has 0 bridgehead atoms. The first-order valence-corrected chi connectivity index (χ1v) is 5.33. The van der Waals surface area contributed by atoms with Gasteiger partial charge in [-0.05, 0) is 6.42 Å². The van der Waals surface area contributed by atoms with E-state index in [-0.39, 0.29) is 19.6 Å². The standard InChI is InChI=1S/C10H17N3O3/c1-2-3-4-5-14-8-15-9-16-10-12-6-11-7-13-10/h6-7H,2-5,8-9H2,1H3. The molecule has 1 aromatic rings. The van der Waals surface area contributed by atoms with Crippen LogP contribution in [0, 0.1) is 0 Å². The van der Waals surface area contributed by atoms with E-state index in [1.165, 1.54) is 25.5 Å². The largest absolute Gasteiger partial charge is 0.436 e. The Kier molecular flexibility index (Phi) is 7.19. The number of rotatable bonds is 9. The fourth-order valence-corrected chi connectivity index (χ4v) is 1.00. The normalized spacial score (nSPS) is 10.3. The van der Waals surface area contributed by atoms with Gasteiger partial charge in [0.05, 0.1) is 0 Å². The Hall–Kier alpha value is -1.27. The summed E-state index contributed by atoms with van der Waals surface area (Å²) in [5.41, 5.74) is 0. The highest BCUT2D eigenvalue weighted by molar-refractivity contribution is 4.85. The number of hydrogen-bond donors (Lipinski definition) is 0. The van der Waals surface area contributed by atoms with Gasteiger partial charge in [0.25, 0.3) is 0 Å². The first kappa shape index (κ1) is 12.8. The van der Waals surface area contributed by atoms with Gasteiger partial charge in [-0.1, -0.05) is 19.8 Å². The third-order valence-corrected chi connectivity index (χ3v) is 1.80. The van der Waals surface area contributed by atoms with Crippen molar-refractivity contribution in [1.82, 2.24) is 15.0 Å². The minimum Gasteiger partial charge on any atom is -0.436 e. The zero-order valence-electron chi connectivity index (χ0n) is 9.46. The van der Waals surface area contributed by atoms with Crippen LogP contribution >= 0.6 is 0 Å². The molecule has 0 N–H and O–H groups in total.